The molecule has 0 saturated carbocycles. The van der Waals surface area contributed by atoms with E-state index in [0.29, 0.717) is 17.2 Å². The van der Waals surface area contributed by atoms with Crippen LogP contribution in [0.3, 0.4) is 0 Å². The van der Waals surface area contributed by atoms with Gasteiger partial charge in [0.25, 0.3) is 0 Å². The highest BCUT2D eigenvalue weighted by atomic mass is 35.5. The van der Waals surface area contributed by atoms with Crippen LogP contribution in [-0.4, -0.2) is 46.3 Å². The zero-order valence-corrected chi connectivity index (χ0v) is 16.8. The first kappa shape index (κ1) is 20.2. The molecule has 1 fully saturated rings. The Labute approximate surface area is 157 Å². The molecule has 1 saturated heterocycles. The molecule has 2 heterocycles. The van der Waals surface area contributed by atoms with Crippen LogP contribution in [0.4, 0.5) is 0 Å². The van der Waals surface area contributed by atoms with Gasteiger partial charge in [-0.1, -0.05) is 17.8 Å². The van der Waals surface area contributed by atoms with Gasteiger partial charge in [0.1, 0.15) is 0 Å². The van der Waals surface area contributed by atoms with Crippen molar-refractivity contribution in [2.24, 2.45) is 0 Å². The Bertz CT molecular complexity index is 681. The molecule has 0 N–H and O–H groups in total. The fourth-order valence-corrected chi connectivity index (χ4v) is 2.89. The van der Waals surface area contributed by atoms with E-state index < -0.39 is 18.3 Å². The third-order valence-electron chi connectivity index (χ3n) is 4.28. The van der Waals surface area contributed by atoms with Gasteiger partial charge >= 0.3 is 7.12 Å². The highest BCUT2D eigenvalue weighted by molar-refractivity contribution is 8.13. The molecule has 0 unspecified atom stereocenters. The van der Waals surface area contributed by atoms with Crippen LogP contribution in [0.1, 0.15) is 40.2 Å². The maximum Gasteiger partial charge on any atom is 0.491 e. The molecule has 6 nitrogen and oxygen atoms in total. The largest absolute Gasteiger partial charge is 0.491 e. The molecule has 1 aromatic rings. The minimum Gasteiger partial charge on any atom is -0.480 e. The molecule has 0 aromatic carbocycles. The molecule has 25 heavy (non-hydrogen) atoms. The lowest BCUT2D eigenvalue weighted by atomic mass is 9.78. The maximum atomic E-state index is 11.4. The van der Waals surface area contributed by atoms with Gasteiger partial charge in [0.15, 0.2) is 5.12 Å². The zero-order chi connectivity index (χ0) is 18.8. The quantitative estimate of drug-likeness (QED) is 0.569. The van der Waals surface area contributed by atoms with E-state index in [0.717, 1.165) is 5.47 Å². The van der Waals surface area contributed by atoms with E-state index in [9.17, 15) is 4.79 Å². The molecule has 1 aliphatic heterocycles. The molecule has 0 amide bonds. The summed E-state index contributed by atoms with van der Waals surface area (Å²) < 4.78 is 17.5. The smallest absolute Gasteiger partial charge is 0.480 e. The third-order valence-corrected chi connectivity index (χ3v) is 5.35. The lowest BCUT2D eigenvalue weighted by Crippen LogP contribution is -2.41. The summed E-state index contributed by atoms with van der Waals surface area (Å²) in [6.07, 6.45) is 3.39. The van der Waals surface area contributed by atoms with Crippen LogP contribution in [0.15, 0.2) is 11.7 Å². The number of carbonyl (C=O) groups is 1. The van der Waals surface area contributed by atoms with Crippen molar-refractivity contribution >= 4 is 41.7 Å². The number of aromatic nitrogens is 2. The van der Waals surface area contributed by atoms with Crippen LogP contribution >= 0.6 is 23.4 Å². The Kier molecular flexibility index (Phi) is 6.19. The van der Waals surface area contributed by atoms with Gasteiger partial charge in [0, 0.05) is 18.9 Å². The minimum atomic E-state index is -0.572. The lowest BCUT2D eigenvalue weighted by Gasteiger charge is -2.32. The van der Waals surface area contributed by atoms with Crippen molar-refractivity contribution in [3.63, 3.8) is 0 Å². The van der Waals surface area contributed by atoms with Gasteiger partial charge in [-0.2, -0.15) is 4.98 Å². The number of hydrogen-bond donors (Lipinski definition) is 0. The number of carbonyl (C=O) groups excluding carboxylic acids is 1. The maximum absolute atomic E-state index is 11.4. The van der Waals surface area contributed by atoms with Crippen LogP contribution in [0.2, 0.25) is 5.28 Å². The summed E-state index contributed by atoms with van der Waals surface area (Å²) in [6, 6.07) is 0. The van der Waals surface area contributed by atoms with Crippen molar-refractivity contribution in [3.05, 3.63) is 22.5 Å². The first-order valence-electron chi connectivity index (χ1n) is 7.82. The van der Waals surface area contributed by atoms with E-state index >= 15 is 0 Å². The topological polar surface area (TPSA) is 70.5 Å². The van der Waals surface area contributed by atoms with Gasteiger partial charge in [0.2, 0.25) is 11.2 Å². The highest BCUT2D eigenvalue weighted by Gasteiger charge is 2.52. The van der Waals surface area contributed by atoms with Gasteiger partial charge in [0.05, 0.1) is 23.9 Å². The highest BCUT2D eigenvalue weighted by Crippen LogP contribution is 2.39. The summed E-state index contributed by atoms with van der Waals surface area (Å²) in [5.41, 5.74) is 0.486. The molecule has 136 valence electrons. The number of halogens is 1. The number of nitrogens with zero attached hydrogens (tertiary/aromatic N) is 2. The van der Waals surface area contributed by atoms with Crippen molar-refractivity contribution in [3.8, 4) is 5.88 Å². The monoisotopic (exact) mass is 384 g/mol. The molecule has 1 aliphatic rings. The standard InChI is InChI=1S/C16H22BClN2O4S/c1-10(21)25-9-12(17-23-15(2,3)16(4,5)24-17)7-11-8-19-14(18)20-13(11)22-6/h7-8H,9H2,1-6H3. The first-order valence-corrected chi connectivity index (χ1v) is 9.18. The van der Waals surface area contributed by atoms with Gasteiger partial charge in [-0.25, -0.2) is 4.98 Å². The molecule has 0 bridgehead atoms. The third kappa shape index (κ3) is 4.75. The lowest BCUT2D eigenvalue weighted by molar-refractivity contribution is -0.109. The summed E-state index contributed by atoms with van der Waals surface area (Å²) in [7, 11) is 0.937. The number of rotatable bonds is 5. The molecule has 2 rings (SSSR count). The van der Waals surface area contributed by atoms with Crippen molar-refractivity contribution in [1.29, 1.82) is 0 Å². The molecule has 1 aromatic heterocycles. The summed E-state index contributed by atoms with van der Waals surface area (Å²) >= 11 is 7.00. The van der Waals surface area contributed by atoms with Gasteiger partial charge in [-0.3, -0.25) is 4.79 Å². The minimum absolute atomic E-state index is 0.0155. The van der Waals surface area contributed by atoms with E-state index in [1.54, 1.807) is 6.20 Å². The second-order valence-corrected chi connectivity index (χ2v) is 8.18. The zero-order valence-electron chi connectivity index (χ0n) is 15.3. The summed E-state index contributed by atoms with van der Waals surface area (Å²) in [5.74, 6) is 0.777. The van der Waals surface area contributed by atoms with Crippen LogP contribution in [0.5, 0.6) is 5.88 Å². The second-order valence-electron chi connectivity index (χ2n) is 6.69. The Balaban J connectivity index is 2.38. The van der Waals surface area contributed by atoms with Crippen molar-refractivity contribution in [1.82, 2.24) is 9.97 Å². The number of ether oxygens (including phenoxy) is 1. The average Bonchev–Trinajstić information content (AvgIpc) is 2.72. The predicted octanol–water partition coefficient (Wildman–Crippen LogP) is 3.43. The van der Waals surface area contributed by atoms with E-state index in [-0.39, 0.29) is 10.4 Å². The second kappa shape index (κ2) is 7.66. The van der Waals surface area contributed by atoms with E-state index in [4.69, 9.17) is 25.6 Å². The van der Waals surface area contributed by atoms with Crippen molar-refractivity contribution < 1.29 is 18.8 Å². The van der Waals surface area contributed by atoms with Crippen molar-refractivity contribution in [2.45, 2.75) is 45.8 Å². The summed E-state index contributed by atoms with van der Waals surface area (Å²) in [6.45, 7) is 9.45. The molecule has 0 spiro atoms. The Morgan fingerprint density at radius 3 is 2.48 bits per heavy atom. The van der Waals surface area contributed by atoms with Gasteiger partial charge in [-0.15, -0.1) is 0 Å². The van der Waals surface area contributed by atoms with Gasteiger partial charge in [-0.05, 0) is 44.8 Å². The molecular weight excluding hydrogens is 363 g/mol. The molecule has 0 atom stereocenters. The first-order chi connectivity index (χ1) is 11.6. The number of thioether (sulfide) groups is 1. The van der Waals surface area contributed by atoms with E-state index in [1.807, 2.05) is 33.8 Å². The number of methoxy groups -OCH3 is 1. The molecule has 0 radical (unpaired) electrons. The summed E-state index contributed by atoms with van der Waals surface area (Å²) in [4.78, 5) is 19.5. The predicted molar refractivity (Wildman–Crippen MR) is 101 cm³/mol. The fourth-order valence-electron chi connectivity index (χ4n) is 2.17. The normalized spacial score (nSPS) is 19.2. The van der Waals surface area contributed by atoms with Crippen LogP contribution in [-0.2, 0) is 14.1 Å². The van der Waals surface area contributed by atoms with Crippen LogP contribution in [0.25, 0.3) is 6.08 Å². The fraction of sp³-hybridized carbons (Fsp3) is 0.562. The Morgan fingerprint density at radius 2 is 1.96 bits per heavy atom. The van der Waals surface area contributed by atoms with E-state index in [2.05, 4.69) is 9.97 Å². The van der Waals surface area contributed by atoms with Crippen LogP contribution < -0.4 is 4.74 Å². The van der Waals surface area contributed by atoms with Gasteiger partial charge < -0.3 is 14.0 Å². The Morgan fingerprint density at radius 1 is 1.36 bits per heavy atom. The molecular formula is C16H22BClN2O4S. The van der Waals surface area contributed by atoms with Crippen LogP contribution in [0, 0.1) is 0 Å². The van der Waals surface area contributed by atoms with Crippen molar-refractivity contribution in [2.75, 3.05) is 12.9 Å². The molecule has 9 heteroatoms. The number of hydrogen-bond acceptors (Lipinski definition) is 7. The summed E-state index contributed by atoms with van der Waals surface area (Å²) in [5, 5.41) is 0.117. The van der Waals surface area contributed by atoms with E-state index in [1.165, 1.54) is 25.8 Å². The molecule has 0 aliphatic carbocycles. The Hall–Kier alpha value is -1.09. The SMILES string of the molecule is COc1nc(Cl)ncc1C=C(CSC(C)=O)B1OC(C)(C)C(C)(C)O1. The average molecular weight is 385 g/mol.